The first-order valence-corrected chi connectivity index (χ1v) is 5.30. The van der Waals surface area contributed by atoms with Crippen LogP contribution in [0.3, 0.4) is 0 Å². The number of carboxylic acid groups (broad SMARTS) is 1. The molecule has 0 aromatic heterocycles. The van der Waals surface area contributed by atoms with E-state index in [1.807, 2.05) is 0 Å². The summed E-state index contributed by atoms with van der Waals surface area (Å²) in [5.74, 6) is -2.64. The molecule has 0 spiro atoms. The Morgan fingerprint density at radius 3 is 2.59 bits per heavy atom. The second kappa shape index (κ2) is 5.75. The van der Waals surface area contributed by atoms with E-state index in [-0.39, 0.29) is 23.4 Å². The number of ketones is 1. The highest BCUT2D eigenvalue weighted by molar-refractivity contribution is 6.19. The molecule has 0 fully saturated rings. The van der Waals surface area contributed by atoms with Gasteiger partial charge in [-0.05, 0) is 12.1 Å². The molecule has 1 unspecified atom stereocenters. The Kier molecular flexibility index (Phi) is 4.60. The number of aliphatic hydroxyl groups is 1. The van der Waals surface area contributed by atoms with Gasteiger partial charge in [0.05, 0.1) is 0 Å². The minimum absolute atomic E-state index is 0.0396. The van der Waals surface area contributed by atoms with Crippen LogP contribution in [-0.2, 0) is 4.79 Å². The summed E-state index contributed by atoms with van der Waals surface area (Å²) < 4.78 is 13.0. The number of rotatable bonds is 5. The molecular weight excluding hydrogens is 251 g/mol. The minimum atomic E-state index is -1.86. The van der Waals surface area contributed by atoms with Crippen molar-refractivity contribution in [3.63, 3.8) is 0 Å². The fraction of sp³-hybridized carbons (Fsp3) is 0.273. The minimum Gasteiger partial charge on any atom is -0.479 e. The summed E-state index contributed by atoms with van der Waals surface area (Å²) in [6.07, 6.45) is -1.91. The van der Waals surface area contributed by atoms with E-state index in [0.29, 0.717) is 0 Å². The smallest absolute Gasteiger partial charge is 0.337 e. The summed E-state index contributed by atoms with van der Waals surface area (Å²) in [6, 6.07) is 2.96. The Balaban J connectivity index is 3.21. The molecule has 1 aromatic rings. The maximum Gasteiger partial charge on any atom is 0.337 e. The van der Waals surface area contributed by atoms with Gasteiger partial charge in [0.2, 0.25) is 0 Å². The number of aliphatic hydroxyl groups excluding tert-OH is 1. The first-order chi connectivity index (χ1) is 7.97. The lowest BCUT2D eigenvalue weighted by atomic mass is 9.98. The topological polar surface area (TPSA) is 74.6 Å². The van der Waals surface area contributed by atoms with Crippen molar-refractivity contribution >= 4 is 23.4 Å². The average Bonchev–Trinajstić information content (AvgIpc) is 2.28. The first kappa shape index (κ1) is 13.6. The molecule has 0 amide bonds. The molecule has 1 aromatic carbocycles. The van der Waals surface area contributed by atoms with Gasteiger partial charge in [-0.15, -0.1) is 11.6 Å². The van der Waals surface area contributed by atoms with Crippen molar-refractivity contribution in [1.82, 2.24) is 0 Å². The van der Waals surface area contributed by atoms with Crippen LogP contribution in [0.5, 0.6) is 0 Å². The van der Waals surface area contributed by atoms with Crippen molar-refractivity contribution in [3.05, 3.63) is 35.1 Å². The van der Waals surface area contributed by atoms with Crippen LogP contribution in [0.2, 0.25) is 0 Å². The molecule has 1 atom stereocenters. The molecule has 0 saturated carbocycles. The second-order valence-electron chi connectivity index (χ2n) is 3.33. The average molecular weight is 261 g/mol. The Morgan fingerprint density at radius 2 is 2.06 bits per heavy atom. The molecule has 1 rings (SSSR count). The Morgan fingerprint density at radius 1 is 1.41 bits per heavy atom. The molecular formula is C11H10ClFO4. The van der Waals surface area contributed by atoms with E-state index in [0.717, 1.165) is 18.2 Å². The summed E-state index contributed by atoms with van der Waals surface area (Å²) in [5.41, 5.74) is -0.283. The van der Waals surface area contributed by atoms with Crippen LogP contribution in [-0.4, -0.2) is 27.8 Å². The standard InChI is InChI=1S/C11H10ClFO4/c12-4-3-9(14)8-5-6(13)1-2-7(8)10(15)11(16)17/h1-2,5,10,15H,3-4H2,(H,16,17). The number of benzene rings is 1. The number of hydrogen-bond acceptors (Lipinski definition) is 3. The van der Waals surface area contributed by atoms with Crippen LogP contribution in [0.1, 0.15) is 28.4 Å². The lowest BCUT2D eigenvalue weighted by Crippen LogP contribution is -2.15. The third-order valence-electron chi connectivity index (χ3n) is 2.17. The van der Waals surface area contributed by atoms with Crippen molar-refractivity contribution in [1.29, 1.82) is 0 Å². The fourth-order valence-corrected chi connectivity index (χ4v) is 1.53. The summed E-state index contributed by atoms with van der Waals surface area (Å²) >= 11 is 5.39. The Hall–Kier alpha value is -1.46. The van der Waals surface area contributed by atoms with Gasteiger partial charge in [-0.3, -0.25) is 4.79 Å². The summed E-state index contributed by atoms with van der Waals surface area (Å²) in [6.45, 7) is 0. The van der Waals surface area contributed by atoms with Gasteiger partial charge < -0.3 is 10.2 Å². The van der Waals surface area contributed by atoms with Crippen LogP contribution >= 0.6 is 11.6 Å². The van der Waals surface area contributed by atoms with Gasteiger partial charge in [-0.25, -0.2) is 9.18 Å². The molecule has 6 heteroatoms. The summed E-state index contributed by atoms with van der Waals surface area (Å²) in [4.78, 5) is 22.2. The highest BCUT2D eigenvalue weighted by atomic mass is 35.5. The predicted octanol–water partition coefficient (Wildman–Crippen LogP) is 1.76. The van der Waals surface area contributed by atoms with Gasteiger partial charge in [0, 0.05) is 23.4 Å². The van der Waals surface area contributed by atoms with Gasteiger partial charge in [-0.1, -0.05) is 6.07 Å². The van der Waals surface area contributed by atoms with Crippen molar-refractivity contribution in [2.24, 2.45) is 0 Å². The zero-order chi connectivity index (χ0) is 13.0. The third-order valence-corrected chi connectivity index (χ3v) is 2.35. The van der Waals surface area contributed by atoms with Gasteiger partial charge in [-0.2, -0.15) is 0 Å². The van der Waals surface area contributed by atoms with Crippen molar-refractivity contribution < 1.29 is 24.2 Å². The zero-order valence-corrected chi connectivity index (χ0v) is 9.45. The summed E-state index contributed by atoms with van der Waals surface area (Å²) in [5, 5.41) is 18.0. The Bertz CT molecular complexity index is 447. The van der Waals surface area contributed by atoms with Gasteiger partial charge >= 0.3 is 5.97 Å². The van der Waals surface area contributed by atoms with E-state index >= 15 is 0 Å². The number of aliphatic carboxylic acids is 1. The number of alkyl halides is 1. The maximum absolute atomic E-state index is 13.0. The molecule has 2 N–H and O–H groups in total. The van der Waals surface area contributed by atoms with E-state index in [9.17, 15) is 19.1 Å². The largest absolute Gasteiger partial charge is 0.479 e. The predicted molar refractivity (Wildman–Crippen MR) is 58.7 cm³/mol. The lowest BCUT2D eigenvalue weighted by molar-refractivity contribution is -0.146. The molecule has 0 radical (unpaired) electrons. The molecule has 0 aliphatic carbocycles. The molecule has 4 nitrogen and oxygen atoms in total. The first-order valence-electron chi connectivity index (χ1n) is 4.77. The third kappa shape index (κ3) is 3.25. The normalized spacial score (nSPS) is 12.2. The lowest BCUT2D eigenvalue weighted by Gasteiger charge is -2.11. The van der Waals surface area contributed by atoms with E-state index in [1.54, 1.807) is 0 Å². The Labute approximate surface area is 102 Å². The van der Waals surface area contributed by atoms with Crippen LogP contribution in [0.25, 0.3) is 0 Å². The number of carbonyl (C=O) groups is 2. The van der Waals surface area contributed by atoms with Gasteiger partial charge in [0.1, 0.15) is 5.82 Å². The van der Waals surface area contributed by atoms with Crippen LogP contribution in [0.4, 0.5) is 4.39 Å². The number of Topliss-reactive ketones (excluding diaryl/α,β-unsaturated/α-hetero) is 1. The van der Waals surface area contributed by atoms with Crippen LogP contribution in [0.15, 0.2) is 18.2 Å². The number of halogens is 2. The maximum atomic E-state index is 13.0. The highest BCUT2D eigenvalue weighted by Crippen LogP contribution is 2.21. The molecule has 0 aliphatic rings. The SMILES string of the molecule is O=C(CCCl)c1cc(F)ccc1C(O)C(=O)O. The zero-order valence-electron chi connectivity index (χ0n) is 8.69. The van der Waals surface area contributed by atoms with Crippen LogP contribution in [0, 0.1) is 5.82 Å². The monoisotopic (exact) mass is 260 g/mol. The number of carboxylic acids is 1. The second-order valence-corrected chi connectivity index (χ2v) is 3.71. The molecule has 0 bridgehead atoms. The number of hydrogen-bond donors (Lipinski definition) is 2. The molecule has 92 valence electrons. The van der Waals surface area contributed by atoms with Crippen molar-refractivity contribution in [2.45, 2.75) is 12.5 Å². The number of carbonyl (C=O) groups excluding carboxylic acids is 1. The van der Waals surface area contributed by atoms with Gasteiger partial charge in [0.15, 0.2) is 11.9 Å². The summed E-state index contributed by atoms with van der Waals surface area (Å²) in [7, 11) is 0. The van der Waals surface area contributed by atoms with Crippen molar-refractivity contribution in [3.8, 4) is 0 Å². The van der Waals surface area contributed by atoms with E-state index in [2.05, 4.69) is 0 Å². The molecule has 17 heavy (non-hydrogen) atoms. The highest BCUT2D eigenvalue weighted by Gasteiger charge is 2.22. The van der Waals surface area contributed by atoms with E-state index in [1.165, 1.54) is 0 Å². The molecule has 0 saturated heterocycles. The van der Waals surface area contributed by atoms with E-state index in [4.69, 9.17) is 16.7 Å². The van der Waals surface area contributed by atoms with Crippen LogP contribution < -0.4 is 0 Å². The fourth-order valence-electron chi connectivity index (χ4n) is 1.36. The van der Waals surface area contributed by atoms with Gasteiger partial charge in [0.25, 0.3) is 0 Å². The molecule has 0 heterocycles. The van der Waals surface area contributed by atoms with Crippen molar-refractivity contribution in [2.75, 3.05) is 5.88 Å². The quantitative estimate of drug-likeness (QED) is 0.625. The van der Waals surface area contributed by atoms with E-state index < -0.39 is 23.7 Å². The molecule has 0 aliphatic heterocycles.